The number of nitrogens with one attached hydrogen (secondary N) is 1. The zero-order valence-corrected chi connectivity index (χ0v) is 14.9. The fourth-order valence-corrected chi connectivity index (χ4v) is 2.33. The molecule has 0 saturated heterocycles. The minimum atomic E-state index is -0.748. The van der Waals surface area contributed by atoms with Gasteiger partial charge in [-0.3, -0.25) is 4.79 Å². The van der Waals surface area contributed by atoms with Gasteiger partial charge in [0.1, 0.15) is 5.82 Å². The van der Waals surface area contributed by atoms with Gasteiger partial charge in [-0.2, -0.15) is 0 Å². The van der Waals surface area contributed by atoms with Crippen molar-refractivity contribution in [3.05, 3.63) is 52.8 Å². The number of hydrogen-bond acceptors (Lipinski definition) is 5. The Kier molecular flexibility index (Phi) is 6.80. The molecule has 2 aromatic rings. The summed E-state index contributed by atoms with van der Waals surface area (Å²) in [5, 5.41) is 2.67. The first kappa shape index (κ1) is 19.5. The van der Waals surface area contributed by atoms with E-state index in [1.165, 1.54) is 43.5 Å². The fraction of sp³-hybridized carbons (Fsp3) is 0.222. The number of methoxy groups -OCH3 is 1. The number of carbonyl (C=O) groups excluding carboxylic acids is 2. The molecule has 6 nitrogen and oxygen atoms in total. The van der Waals surface area contributed by atoms with E-state index in [2.05, 4.69) is 5.32 Å². The van der Waals surface area contributed by atoms with Gasteiger partial charge in [-0.15, -0.1) is 0 Å². The van der Waals surface area contributed by atoms with Crippen molar-refractivity contribution in [1.82, 2.24) is 0 Å². The SMILES string of the molecule is CCOc1c(Cl)cc(C(=O)OCC(=O)Nc2ccc(F)cc2)cc1OC. The van der Waals surface area contributed by atoms with Crippen molar-refractivity contribution in [2.75, 3.05) is 25.6 Å². The van der Waals surface area contributed by atoms with Crippen LogP contribution in [0.25, 0.3) is 0 Å². The Bertz CT molecular complexity index is 795. The standard InChI is InChI=1S/C18H17ClFNO5/c1-3-25-17-14(19)8-11(9-15(17)24-2)18(23)26-10-16(22)21-13-6-4-12(20)5-7-13/h4-9H,3,10H2,1-2H3,(H,21,22). The van der Waals surface area contributed by atoms with Crippen molar-refractivity contribution in [3.8, 4) is 11.5 Å². The predicted molar refractivity (Wildman–Crippen MR) is 94.5 cm³/mol. The van der Waals surface area contributed by atoms with Crippen molar-refractivity contribution in [2.24, 2.45) is 0 Å². The average molecular weight is 382 g/mol. The second kappa shape index (κ2) is 9.05. The molecule has 0 radical (unpaired) electrons. The highest BCUT2D eigenvalue weighted by atomic mass is 35.5. The first-order valence-corrected chi connectivity index (χ1v) is 8.05. The van der Waals surface area contributed by atoms with Crippen LogP contribution in [0.2, 0.25) is 5.02 Å². The molecule has 0 bridgehead atoms. The minimum absolute atomic E-state index is 0.116. The molecule has 1 amide bonds. The average Bonchev–Trinajstić information content (AvgIpc) is 2.63. The number of benzene rings is 2. The molecule has 0 atom stereocenters. The monoisotopic (exact) mass is 381 g/mol. The van der Waals surface area contributed by atoms with Crippen molar-refractivity contribution < 1.29 is 28.2 Å². The summed E-state index contributed by atoms with van der Waals surface area (Å²) in [6.07, 6.45) is 0. The molecule has 0 aliphatic rings. The van der Waals surface area contributed by atoms with Crippen LogP contribution in [0, 0.1) is 5.82 Å². The smallest absolute Gasteiger partial charge is 0.338 e. The van der Waals surface area contributed by atoms with E-state index in [-0.39, 0.29) is 16.3 Å². The molecule has 0 spiro atoms. The number of halogens is 2. The zero-order chi connectivity index (χ0) is 19.1. The summed E-state index contributed by atoms with van der Waals surface area (Å²) in [4.78, 5) is 23.9. The summed E-state index contributed by atoms with van der Waals surface area (Å²) >= 11 is 6.10. The molecule has 0 saturated carbocycles. The first-order valence-electron chi connectivity index (χ1n) is 7.67. The first-order chi connectivity index (χ1) is 12.4. The largest absolute Gasteiger partial charge is 0.493 e. The lowest BCUT2D eigenvalue weighted by Crippen LogP contribution is -2.21. The summed E-state index contributed by atoms with van der Waals surface area (Å²) in [6, 6.07) is 7.98. The van der Waals surface area contributed by atoms with Gasteiger partial charge in [0.05, 0.1) is 24.3 Å². The summed E-state index contributed by atoms with van der Waals surface area (Å²) in [5.41, 5.74) is 0.503. The third-order valence-corrected chi connectivity index (χ3v) is 3.50. The highest BCUT2D eigenvalue weighted by Crippen LogP contribution is 2.36. The summed E-state index contributed by atoms with van der Waals surface area (Å²) in [7, 11) is 1.42. The number of amides is 1. The molecule has 0 aliphatic carbocycles. The highest BCUT2D eigenvalue weighted by molar-refractivity contribution is 6.32. The van der Waals surface area contributed by atoms with E-state index in [0.29, 0.717) is 18.0 Å². The van der Waals surface area contributed by atoms with Crippen LogP contribution in [0.15, 0.2) is 36.4 Å². The Morgan fingerprint density at radius 2 is 1.88 bits per heavy atom. The van der Waals surface area contributed by atoms with E-state index in [0.717, 1.165) is 0 Å². The topological polar surface area (TPSA) is 73.9 Å². The molecule has 2 rings (SSSR count). The molecule has 0 fully saturated rings. The van der Waals surface area contributed by atoms with Crippen LogP contribution in [0.1, 0.15) is 17.3 Å². The Balaban J connectivity index is 1.99. The number of hydrogen-bond donors (Lipinski definition) is 1. The molecule has 0 heterocycles. The molecule has 0 aromatic heterocycles. The van der Waals surface area contributed by atoms with Gasteiger partial charge < -0.3 is 19.5 Å². The van der Waals surface area contributed by atoms with Gasteiger partial charge in [-0.25, -0.2) is 9.18 Å². The van der Waals surface area contributed by atoms with Crippen LogP contribution in [-0.4, -0.2) is 32.2 Å². The third kappa shape index (κ3) is 5.10. The quantitative estimate of drug-likeness (QED) is 0.740. The van der Waals surface area contributed by atoms with Gasteiger partial charge in [0, 0.05) is 5.69 Å². The van der Waals surface area contributed by atoms with Gasteiger partial charge >= 0.3 is 5.97 Å². The van der Waals surface area contributed by atoms with E-state index < -0.39 is 24.3 Å². The van der Waals surface area contributed by atoms with Crippen LogP contribution < -0.4 is 14.8 Å². The van der Waals surface area contributed by atoms with E-state index >= 15 is 0 Å². The molecule has 2 aromatic carbocycles. The van der Waals surface area contributed by atoms with Gasteiger partial charge in [-0.1, -0.05) is 11.6 Å². The predicted octanol–water partition coefficient (Wildman–Crippen LogP) is 3.68. The molecule has 0 unspecified atom stereocenters. The second-order valence-corrected chi connectivity index (χ2v) is 5.46. The maximum Gasteiger partial charge on any atom is 0.338 e. The lowest BCUT2D eigenvalue weighted by atomic mass is 10.2. The lowest BCUT2D eigenvalue weighted by molar-refractivity contribution is -0.119. The third-order valence-electron chi connectivity index (χ3n) is 3.22. The molecular formula is C18H17ClFNO5. The number of carbonyl (C=O) groups is 2. The number of anilines is 1. The zero-order valence-electron chi connectivity index (χ0n) is 14.2. The van der Waals surface area contributed by atoms with Crippen molar-refractivity contribution >= 4 is 29.2 Å². The van der Waals surface area contributed by atoms with Crippen molar-refractivity contribution in [3.63, 3.8) is 0 Å². The summed E-state index contributed by atoms with van der Waals surface area (Å²) in [6.45, 7) is 1.66. The van der Waals surface area contributed by atoms with Gasteiger partial charge in [-0.05, 0) is 43.3 Å². The molecule has 138 valence electrons. The Hall–Kier alpha value is -2.80. The van der Waals surface area contributed by atoms with Crippen molar-refractivity contribution in [1.29, 1.82) is 0 Å². The summed E-state index contributed by atoms with van der Waals surface area (Å²) in [5.74, 6) is -1.13. The second-order valence-electron chi connectivity index (χ2n) is 5.05. The maximum absolute atomic E-state index is 12.8. The molecule has 8 heteroatoms. The van der Waals surface area contributed by atoms with Gasteiger partial charge in [0.15, 0.2) is 18.1 Å². The Morgan fingerprint density at radius 3 is 2.50 bits per heavy atom. The van der Waals surface area contributed by atoms with Crippen LogP contribution >= 0.6 is 11.6 Å². The molecule has 26 heavy (non-hydrogen) atoms. The lowest BCUT2D eigenvalue weighted by Gasteiger charge is -2.13. The number of esters is 1. The van der Waals surface area contributed by atoms with Gasteiger partial charge in [0.2, 0.25) is 0 Å². The Labute approximate surface area is 154 Å². The van der Waals surface area contributed by atoms with Crippen LogP contribution in [0.5, 0.6) is 11.5 Å². The normalized spacial score (nSPS) is 10.2. The van der Waals surface area contributed by atoms with Crippen LogP contribution in [-0.2, 0) is 9.53 Å². The minimum Gasteiger partial charge on any atom is -0.493 e. The van der Waals surface area contributed by atoms with E-state index in [1.54, 1.807) is 6.92 Å². The van der Waals surface area contributed by atoms with Crippen LogP contribution in [0.4, 0.5) is 10.1 Å². The Morgan fingerprint density at radius 1 is 1.19 bits per heavy atom. The van der Waals surface area contributed by atoms with Crippen LogP contribution in [0.3, 0.4) is 0 Å². The van der Waals surface area contributed by atoms with E-state index in [9.17, 15) is 14.0 Å². The molecule has 1 N–H and O–H groups in total. The maximum atomic E-state index is 12.8. The van der Waals surface area contributed by atoms with Crippen molar-refractivity contribution in [2.45, 2.75) is 6.92 Å². The highest BCUT2D eigenvalue weighted by Gasteiger charge is 2.17. The molecular weight excluding hydrogens is 365 g/mol. The number of ether oxygens (including phenoxy) is 3. The fourth-order valence-electron chi connectivity index (χ4n) is 2.07. The summed E-state index contributed by atoms with van der Waals surface area (Å²) < 4.78 is 28.3. The van der Waals surface area contributed by atoms with Gasteiger partial charge in [0.25, 0.3) is 5.91 Å². The number of rotatable bonds is 7. The molecule has 0 aliphatic heterocycles. The van der Waals surface area contributed by atoms with E-state index in [1.807, 2.05) is 0 Å². The van der Waals surface area contributed by atoms with E-state index in [4.69, 9.17) is 25.8 Å².